The van der Waals surface area contributed by atoms with Crippen molar-refractivity contribution in [3.8, 4) is 17.2 Å². The zero-order valence-corrected chi connectivity index (χ0v) is 43.6. The molecule has 2 aliphatic heterocycles. The number of carboxylic acids is 3. The third kappa shape index (κ3) is 17.6. The van der Waals surface area contributed by atoms with E-state index in [-0.39, 0.29) is 68.9 Å². The van der Waals surface area contributed by atoms with E-state index < -0.39 is 138 Å². The van der Waals surface area contributed by atoms with Gasteiger partial charge in [-0.2, -0.15) is 0 Å². The summed E-state index contributed by atoms with van der Waals surface area (Å²) in [6.45, 7) is 4.34. The topological polar surface area (TPSA) is 414 Å². The first-order valence-electron chi connectivity index (χ1n) is 25.5. The Kier molecular flexibility index (Phi) is 21.6. The van der Waals surface area contributed by atoms with Crippen LogP contribution < -0.4 is 37.6 Å². The average Bonchev–Trinajstić information content (AvgIpc) is 4.10. The molecule has 3 aromatic rings. The van der Waals surface area contributed by atoms with Crippen LogP contribution in [0.4, 0.5) is 0 Å². The lowest BCUT2D eigenvalue weighted by Gasteiger charge is -2.32. The number of likely N-dealkylation sites (tertiary alicyclic amines) is 2. The summed E-state index contributed by atoms with van der Waals surface area (Å²) >= 11 is 0. The first kappa shape index (κ1) is 61.0. The predicted molar refractivity (Wildman–Crippen MR) is 277 cm³/mol. The number of nitrogens with two attached hydrogens (primary N) is 1. The minimum atomic E-state index is -1.87. The Bertz CT molecular complexity index is 2720. The van der Waals surface area contributed by atoms with Crippen LogP contribution in [0.15, 0.2) is 72.8 Å². The number of carbonyl (C=O) groups is 11. The molecule has 5 rings (SSSR count). The molecule has 26 nitrogen and oxygen atoms in total. The van der Waals surface area contributed by atoms with E-state index in [0.29, 0.717) is 23.1 Å². The monoisotopic (exact) mass is 1100 g/mol. The van der Waals surface area contributed by atoms with Crippen LogP contribution in [0.5, 0.6) is 17.2 Å². The van der Waals surface area contributed by atoms with Crippen molar-refractivity contribution in [1.29, 1.82) is 0 Å². The van der Waals surface area contributed by atoms with Crippen LogP contribution in [0.1, 0.15) is 76.0 Å². The molecule has 0 aromatic heterocycles. The van der Waals surface area contributed by atoms with Crippen molar-refractivity contribution in [2.45, 2.75) is 133 Å². The number of phenolic OH excluding ortho intramolecular Hbond substituents is 3. The number of nitrogens with one attached hydrogen (secondary N) is 6. The fraction of sp³-hybridized carbons (Fsp3) is 0.453. The SMILES string of the molecule is CC(NC(=O)C(Cc1ccc(O)cc1)NC(=O)C(CC(=O)O)NC(=O)C1CCCN1C(=O)C(NC(=O)C(CC(=O)O)NC(=O)C(Cc1ccc(O)cc1)NC(=O)C1CCCN1C(=O)C(N)Cc1ccc(O)cc1)C(C)C)C(=O)O. The van der Waals surface area contributed by atoms with Crippen molar-refractivity contribution < 1.29 is 83.4 Å². The predicted octanol–water partition coefficient (Wildman–Crippen LogP) is -1.24. The zero-order valence-electron chi connectivity index (χ0n) is 43.6. The number of carbonyl (C=O) groups excluding carboxylic acids is 8. The zero-order chi connectivity index (χ0) is 58.2. The molecule has 0 saturated carbocycles. The fourth-order valence-electron chi connectivity index (χ4n) is 9.12. The molecule has 26 heteroatoms. The minimum absolute atomic E-state index is 0.00192. The van der Waals surface area contributed by atoms with Gasteiger partial charge in [-0.1, -0.05) is 50.2 Å². The van der Waals surface area contributed by atoms with E-state index in [0.717, 1.165) is 4.90 Å². The van der Waals surface area contributed by atoms with E-state index >= 15 is 0 Å². The summed E-state index contributed by atoms with van der Waals surface area (Å²) in [4.78, 5) is 150. The second kappa shape index (κ2) is 28.0. The Morgan fingerprint density at radius 3 is 1.28 bits per heavy atom. The molecule has 0 bridgehead atoms. The number of carboxylic acid groups (broad SMARTS) is 3. The molecule has 14 N–H and O–H groups in total. The fourth-order valence-corrected chi connectivity index (χ4v) is 9.12. The summed E-state index contributed by atoms with van der Waals surface area (Å²) in [6, 6.07) is 4.00. The Morgan fingerprint density at radius 2 is 0.848 bits per heavy atom. The van der Waals surface area contributed by atoms with Gasteiger partial charge in [0, 0.05) is 25.9 Å². The van der Waals surface area contributed by atoms with Gasteiger partial charge in [0.1, 0.15) is 65.6 Å². The summed E-state index contributed by atoms with van der Waals surface area (Å²) in [5, 5.41) is 72.9. The van der Waals surface area contributed by atoms with Gasteiger partial charge >= 0.3 is 17.9 Å². The van der Waals surface area contributed by atoms with Gasteiger partial charge in [0.2, 0.25) is 47.3 Å². The highest BCUT2D eigenvalue weighted by Crippen LogP contribution is 2.23. The van der Waals surface area contributed by atoms with Crippen molar-refractivity contribution in [2.75, 3.05) is 13.1 Å². The summed E-state index contributed by atoms with van der Waals surface area (Å²) < 4.78 is 0. The summed E-state index contributed by atoms with van der Waals surface area (Å²) in [7, 11) is 0. The van der Waals surface area contributed by atoms with Crippen LogP contribution in [0.25, 0.3) is 0 Å². The molecule has 426 valence electrons. The van der Waals surface area contributed by atoms with E-state index in [2.05, 4.69) is 31.9 Å². The van der Waals surface area contributed by atoms with Crippen LogP contribution in [-0.4, -0.2) is 173 Å². The van der Waals surface area contributed by atoms with Gasteiger partial charge < -0.3 is 78.1 Å². The van der Waals surface area contributed by atoms with E-state index in [1.54, 1.807) is 12.1 Å². The Labute approximate surface area is 453 Å². The molecule has 2 fully saturated rings. The van der Waals surface area contributed by atoms with Crippen molar-refractivity contribution in [1.82, 2.24) is 41.7 Å². The summed E-state index contributed by atoms with van der Waals surface area (Å²) in [5.41, 5.74) is 7.76. The lowest BCUT2D eigenvalue weighted by molar-refractivity contribution is -0.145. The molecule has 2 saturated heterocycles. The molecule has 2 heterocycles. The third-order valence-electron chi connectivity index (χ3n) is 13.4. The number of nitrogens with zero attached hydrogens (tertiary/aromatic N) is 2. The molecular weight excluding hydrogens is 1030 g/mol. The number of aromatic hydroxyl groups is 3. The molecule has 8 amide bonds. The number of benzene rings is 3. The molecule has 0 spiro atoms. The average molecular weight is 1100 g/mol. The van der Waals surface area contributed by atoms with E-state index in [9.17, 15) is 83.4 Å². The van der Waals surface area contributed by atoms with Crippen molar-refractivity contribution >= 4 is 65.2 Å². The maximum absolute atomic E-state index is 14.4. The Hall–Kier alpha value is -8.81. The van der Waals surface area contributed by atoms with Gasteiger partial charge in [0.05, 0.1) is 18.9 Å². The Morgan fingerprint density at radius 1 is 0.494 bits per heavy atom. The highest BCUT2D eigenvalue weighted by atomic mass is 16.4. The lowest BCUT2D eigenvalue weighted by atomic mass is 10.0. The molecule has 0 radical (unpaired) electrons. The van der Waals surface area contributed by atoms with E-state index in [4.69, 9.17) is 5.73 Å². The first-order chi connectivity index (χ1) is 37.3. The van der Waals surface area contributed by atoms with Gasteiger partial charge in [-0.25, -0.2) is 0 Å². The lowest BCUT2D eigenvalue weighted by Crippen LogP contribution is -2.61. The van der Waals surface area contributed by atoms with Gasteiger partial charge in [-0.15, -0.1) is 0 Å². The van der Waals surface area contributed by atoms with Crippen molar-refractivity contribution in [3.05, 3.63) is 89.5 Å². The largest absolute Gasteiger partial charge is 0.508 e. The number of hydrogen-bond donors (Lipinski definition) is 13. The van der Waals surface area contributed by atoms with Gasteiger partial charge in [-0.3, -0.25) is 52.7 Å². The number of hydrogen-bond acceptors (Lipinski definition) is 15. The van der Waals surface area contributed by atoms with Crippen LogP contribution >= 0.6 is 0 Å². The molecule has 2 aliphatic rings. The van der Waals surface area contributed by atoms with Crippen LogP contribution in [-0.2, 0) is 72.0 Å². The van der Waals surface area contributed by atoms with Crippen LogP contribution in [0, 0.1) is 5.92 Å². The summed E-state index contributed by atoms with van der Waals surface area (Å²) in [6.07, 6.45) is -1.61. The third-order valence-corrected chi connectivity index (χ3v) is 13.4. The minimum Gasteiger partial charge on any atom is -0.508 e. The first-order valence-corrected chi connectivity index (χ1v) is 25.5. The molecule has 9 unspecified atom stereocenters. The van der Waals surface area contributed by atoms with Crippen molar-refractivity contribution in [3.63, 3.8) is 0 Å². The summed E-state index contributed by atoms with van der Waals surface area (Å²) in [5.74, 6) is -12.9. The van der Waals surface area contributed by atoms with Crippen LogP contribution in [0.2, 0.25) is 0 Å². The smallest absolute Gasteiger partial charge is 0.325 e. The molecule has 3 aromatic carbocycles. The van der Waals surface area contributed by atoms with E-state index in [1.165, 1.54) is 86.3 Å². The molecule has 79 heavy (non-hydrogen) atoms. The highest BCUT2D eigenvalue weighted by molar-refractivity contribution is 6.00. The van der Waals surface area contributed by atoms with E-state index in [1.807, 2.05) is 0 Å². The van der Waals surface area contributed by atoms with Gasteiger partial charge in [0.15, 0.2) is 0 Å². The standard InChI is InChI=1S/C53H67N9O17/c1-27(2)44(52(77)62-21-5-7-41(62)50(75)59-38(25-42(66)67)47(72)56-36(45(70)55-28(3)53(78)79)23-30-10-16-33(64)17-11-30)60-48(73)39(26-43(68)69)57-46(71)37(24-31-12-18-34(65)19-13-31)58-49(74)40-6-4-20-61(40)51(76)35(54)22-29-8-14-32(63)15-9-29/h8-19,27-28,35-41,44,63-65H,4-7,20-26,54H2,1-3H3,(H,55,70)(H,56,72)(H,57,71)(H,58,74)(H,59,75)(H,60,73)(H,66,67)(H,68,69)(H,78,79). The second-order valence-electron chi connectivity index (χ2n) is 19.8. The molecule has 9 atom stereocenters. The maximum Gasteiger partial charge on any atom is 0.325 e. The quantitative estimate of drug-likeness (QED) is 0.0447. The van der Waals surface area contributed by atoms with Crippen LogP contribution in [0.3, 0.4) is 0 Å². The number of amides is 8. The maximum atomic E-state index is 14.4. The van der Waals surface area contributed by atoms with Gasteiger partial charge in [0.25, 0.3) is 0 Å². The highest BCUT2D eigenvalue weighted by Gasteiger charge is 2.42. The molecular formula is C53H67N9O17. The number of phenols is 3. The normalized spacial score (nSPS) is 17.6. The van der Waals surface area contributed by atoms with Crippen molar-refractivity contribution in [2.24, 2.45) is 11.7 Å². The number of aliphatic carboxylic acids is 3. The number of rotatable bonds is 26. The second-order valence-corrected chi connectivity index (χ2v) is 19.8. The Balaban J connectivity index is 1.31. The molecule has 0 aliphatic carbocycles. The van der Waals surface area contributed by atoms with Gasteiger partial charge in [-0.05, 0) is 98.0 Å².